The van der Waals surface area contributed by atoms with Crippen molar-refractivity contribution in [1.82, 2.24) is 0 Å². The standard InChI is InChI=1S/C13H10O2S/c14-11-4-1-3-10(9-11)6-7-12(15)13-5-2-8-16-13/h1-9,14H/b7-6-. The minimum atomic E-state index is -0.0154. The van der Waals surface area contributed by atoms with Gasteiger partial charge in [0.05, 0.1) is 4.88 Å². The van der Waals surface area contributed by atoms with Crippen LogP contribution in [0.1, 0.15) is 15.2 Å². The summed E-state index contributed by atoms with van der Waals surface area (Å²) in [5.41, 5.74) is 0.810. The fourth-order valence-corrected chi connectivity index (χ4v) is 1.95. The normalized spacial score (nSPS) is 10.8. The van der Waals surface area contributed by atoms with Crippen LogP contribution in [-0.2, 0) is 0 Å². The Hall–Kier alpha value is -1.87. The molecule has 1 aromatic carbocycles. The highest BCUT2D eigenvalue weighted by molar-refractivity contribution is 7.12. The Morgan fingerprint density at radius 3 is 2.81 bits per heavy atom. The van der Waals surface area contributed by atoms with Crippen molar-refractivity contribution in [2.45, 2.75) is 0 Å². The minimum Gasteiger partial charge on any atom is -0.508 e. The topological polar surface area (TPSA) is 37.3 Å². The summed E-state index contributed by atoms with van der Waals surface area (Å²) in [6, 6.07) is 10.4. The van der Waals surface area contributed by atoms with Crippen molar-refractivity contribution < 1.29 is 9.90 Å². The number of carbonyl (C=O) groups excluding carboxylic acids is 1. The van der Waals surface area contributed by atoms with E-state index in [1.807, 2.05) is 17.5 Å². The zero-order chi connectivity index (χ0) is 11.4. The molecule has 0 spiro atoms. The number of phenols is 1. The zero-order valence-electron chi connectivity index (χ0n) is 8.46. The van der Waals surface area contributed by atoms with Gasteiger partial charge in [0.2, 0.25) is 0 Å². The van der Waals surface area contributed by atoms with Crippen LogP contribution in [0.5, 0.6) is 5.75 Å². The molecule has 0 fully saturated rings. The molecule has 0 aliphatic carbocycles. The maximum Gasteiger partial charge on any atom is 0.195 e. The fraction of sp³-hybridized carbons (Fsp3) is 0. The number of allylic oxidation sites excluding steroid dienone is 1. The number of hydrogen-bond donors (Lipinski definition) is 1. The van der Waals surface area contributed by atoms with Crippen molar-refractivity contribution >= 4 is 23.2 Å². The molecule has 0 aliphatic heterocycles. The number of aromatic hydroxyl groups is 1. The number of ketones is 1. The molecule has 0 aliphatic rings. The highest BCUT2D eigenvalue weighted by Gasteiger charge is 2.01. The first-order chi connectivity index (χ1) is 7.75. The monoisotopic (exact) mass is 230 g/mol. The van der Waals surface area contributed by atoms with E-state index < -0.39 is 0 Å². The van der Waals surface area contributed by atoms with Crippen molar-refractivity contribution in [1.29, 1.82) is 0 Å². The number of benzene rings is 1. The summed E-state index contributed by atoms with van der Waals surface area (Å²) in [5.74, 6) is 0.184. The van der Waals surface area contributed by atoms with Crippen LogP contribution in [0.15, 0.2) is 47.9 Å². The van der Waals surface area contributed by atoms with Crippen molar-refractivity contribution in [2.75, 3.05) is 0 Å². The Kier molecular flexibility index (Phi) is 3.17. The SMILES string of the molecule is O=C(/C=C\c1cccc(O)c1)c1cccs1. The van der Waals surface area contributed by atoms with Gasteiger partial charge < -0.3 is 5.11 Å². The van der Waals surface area contributed by atoms with Gasteiger partial charge in [0, 0.05) is 0 Å². The van der Waals surface area contributed by atoms with Gasteiger partial charge in [-0.1, -0.05) is 24.3 Å². The molecule has 1 aromatic heterocycles. The maximum absolute atomic E-state index is 11.6. The van der Waals surface area contributed by atoms with E-state index in [4.69, 9.17) is 0 Å². The van der Waals surface area contributed by atoms with Gasteiger partial charge in [0.15, 0.2) is 5.78 Å². The van der Waals surface area contributed by atoms with E-state index in [0.717, 1.165) is 10.4 Å². The van der Waals surface area contributed by atoms with E-state index >= 15 is 0 Å². The number of thiophene rings is 1. The second kappa shape index (κ2) is 4.77. The lowest BCUT2D eigenvalue weighted by molar-refractivity contribution is 0.105. The number of hydrogen-bond acceptors (Lipinski definition) is 3. The Labute approximate surface area is 97.5 Å². The number of phenolic OH excluding ortho intramolecular Hbond substituents is 1. The molecule has 80 valence electrons. The molecule has 2 nitrogen and oxygen atoms in total. The predicted molar refractivity (Wildman–Crippen MR) is 65.8 cm³/mol. The molecule has 16 heavy (non-hydrogen) atoms. The predicted octanol–water partition coefficient (Wildman–Crippen LogP) is 3.35. The second-order valence-electron chi connectivity index (χ2n) is 3.27. The van der Waals surface area contributed by atoms with Gasteiger partial charge in [-0.15, -0.1) is 11.3 Å². The van der Waals surface area contributed by atoms with Crippen molar-refractivity contribution in [2.24, 2.45) is 0 Å². The molecule has 0 radical (unpaired) electrons. The van der Waals surface area contributed by atoms with Crippen LogP contribution in [0.3, 0.4) is 0 Å². The van der Waals surface area contributed by atoms with E-state index in [1.165, 1.54) is 17.4 Å². The maximum atomic E-state index is 11.6. The van der Waals surface area contributed by atoms with E-state index in [2.05, 4.69) is 0 Å². The van der Waals surface area contributed by atoms with E-state index in [9.17, 15) is 9.90 Å². The van der Waals surface area contributed by atoms with Crippen LogP contribution < -0.4 is 0 Å². The highest BCUT2D eigenvalue weighted by atomic mass is 32.1. The van der Waals surface area contributed by atoms with Crippen molar-refractivity contribution in [3.8, 4) is 5.75 Å². The van der Waals surface area contributed by atoms with E-state index in [1.54, 1.807) is 30.3 Å². The Morgan fingerprint density at radius 1 is 1.25 bits per heavy atom. The summed E-state index contributed by atoms with van der Waals surface area (Å²) in [4.78, 5) is 12.3. The van der Waals surface area contributed by atoms with Crippen LogP contribution in [0.4, 0.5) is 0 Å². The third-order valence-corrected chi connectivity index (χ3v) is 2.95. The molecule has 1 N–H and O–H groups in total. The first-order valence-corrected chi connectivity index (χ1v) is 5.68. The minimum absolute atomic E-state index is 0.0154. The van der Waals surface area contributed by atoms with Crippen LogP contribution >= 0.6 is 11.3 Å². The zero-order valence-corrected chi connectivity index (χ0v) is 9.28. The summed E-state index contributed by atoms with van der Waals surface area (Å²) >= 11 is 1.42. The molecule has 1 heterocycles. The molecule has 0 unspecified atom stereocenters. The lowest BCUT2D eigenvalue weighted by Crippen LogP contribution is -1.88. The van der Waals surface area contributed by atoms with E-state index in [-0.39, 0.29) is 11.5 Å². The van der Waals surface area contributed by atoms with Crippen LogP contribution in [0.2, 0.25) is 0 Å². The fourth-order valence-electron chi connectivity index (χ4n) is 1.30. The van der Waals surface area contributed by atoms with Crippen LogP contribution in [-0.4, -0.2) is 10.9 Å². The van der Waals surface area contributed by atoms with Gasteiger partial charge >= 0.3 is 0 Å². The van der Waals surface area contributed by atoms with Gasteiger partial charge in [-0.05, 0) is 35.2 Å². The lowest BCUT2D eigenvalue weighted by Gasteiger charge is -1.94. The molecular weight excluding hydrogens is 220 g/mol. The molecule has 0 amide bonds. The molecular formula is C13H10O2S. The largest absolute Gasteiger partial charge is 0.508 e. The first kappa shape index (κ1) is 10.6. The van der Waals surface area contributed by atoms with E-state index in [0.29, 0.717) is 0 Å². The van der Waals surface area contributed by atoms with Gasteiger partial charge in [-0.25, -0.2) is 0 Å². The van der Waals surface area contributed by atoms with Crippen molar-refractivity contribution in [3.63, 3.8) is 0 Å². The van der Waals surface area contributed by atoms with Gasteiger partial charge in [0.25, 0.3) is 0 Å². The number of rotatable bonds is 3. The summed E-state index contributed by atoms with van der Waals surface area (Å²) < 4.78 is 0. The summed E-state index contributed by atoms with van der Waals surface area (Å²) in [5, 5.41) is 11.1. The smallest absolute Gasteiger partial charge is 0.195 e. The lowest BCUT2D eigenvalue weighted by atomic mass is 10.2. The molecule has 2 rings (SSSR count). The highest BCUT2D eigenvalue weighted by Crippen LogP contribution is 2.14. The Morgan fingerprint density at radius 2 is 2.12 bits per heavy atom. The van der Waals surface area contributed by atoms with Gasteiger partial charge in [-0.2, -0.15) is 0 Å². The summed E-state index contributed by atoms with van der Waals surface area (Å²) in [6.45, 7) is 0. The average molecular weight is 230 g/mol. The molecule has 2 aromatic rings. The Bertz CT molecular complexity index is 512. The van der Waals surface area contributed by atoms with Crippen LogP contribution in [0.25, 0.3) is 6.08 Å². The third-order valence-electron chi connectivity index (χ3n) is 2.06. The average Bonchev–Trinajstić information content (AvgIpc) is 2.79. The van der Waals surface area contributed by atoms with Crippen LogP contribution in [0, 0.1) is 0 Å². The van der Waals surface area contributed by atoms with Crippen molar-refractivity contribution in [3.05, 3.63) is 58.3 Å². The summed E-state index contributed by atoms with van der Waals surface area (Å²) in [7, 11) is 0. The Balaban J connectivity index is 2.13. The molecule has 3 heteroatoms. The van der Waals surface area contributed by atoms with Gasteiger partial charge in [-0.3, -0.25) is 4.79 Å². The first-order valence-electron chi connectivity index (χ1n) is 4.80. The molecule has 0 saturated carbocycles. The quantitative estimate of drug-likeness (QED) is 0.648. The molecule has 0 saturated heterocycles. The summed E-state index contributed by atoms with van der Waals surface area (Å²) in [6.07, 6.45) is 3.21. The van der Waals surface area contributed by atoms with Gasteiger partial charge in [0.1, 0.15) is 5.75 Å². The third kappa shape index (κ3) is 2.58. The molecule has 0 bridgehead atoms. The number of carbonyl (C=O) groups is 1. The second-order valence-corrected chi connectivity index (χ2v) is 4.22. The molecule has 0 atom stereocenters.